The van der Waals surface area contributed by atoms with E-state index in [9.17, 15) is 9.18 Å². The molecule has 3 nitrogen and oxygen atoms in total. The standard InChI is InChI=1S/C9H15FO3/c10-5-1-3-9(8(11)12)4-2-6-13-7-9/h1-7H2,(H,11,12). The fourth-order valence-electron chi connectivity index (χ4n) is 1.73. The second kappa shape index (κ2) is 4.56. The fourth-order valence-corrected chi connectivity index (χ4v) is 1.73. The number of rotatable bonds is 4. The third kappa shape index (κ3) is 2.40. The molecular formula is C9H15FO3. The summed E-state index contributed by atoms with van der Waals surface area (Å²) in [5.74, 6) is -0.847. The molecule has 1 unspecified atom stereocenters. The van der Waals surface area contributed by atoms with Gasteiger partial charge in [0.25, 0.3) is 0 Å². The van der Waals surface area contributed by atoms with Crippen LogP contribution < -0.4 is 0 Å². The van der Waals surface area contributed by atoms with E-state index in [2.05, 4.69) is 0 Å². The molecule has 13 heavy (non-hydrogen) atoms. The zero-order valence-corrected chi connectivity index (χ0v) is 7.59. The van der Waals surface area contributed by atoms with Gasteiger partial charge in [0.15, 0.2) is 0 Å². The molecule has 1 aliphatic rings. The van der Waals surface area contributed by atoms with Crippen molar-refractivity contribution in [2.24, 2.45) is 5.41 Å². The number of ether oxygens (including phenoxy) is 1. The van der Waals surface area contributed by atoms with Gasteiger partial charge in [-0.2, -0.15) is 0 Å². The smallest absolute Gasteiger partial charge is 0.311 e. The molecule has 0 aromatic carbocycles. The molecule has 1 saturated heterocycles. The van der Waals surface area contributed by atoms with Gasteiger partial charge in [0, 0.05) is 6.61 Å². The van der Waals surface area contributed by atoms with E-state index < -0.39 is 18.1 Å². The monoisotopic (exact) mass is 190 g/mol. The summed E-state index contributed by atoms with van der Waals surface area (Å²) in [6, 6.07) is 0. The van der Waals surface area contributed by atoms with Crippen molar-refractivity contribution >= 4 is 5.97 Å². The molecule has 0 radical (unpaired) electrons. The summed E-state index contributed by atoms with van der Waals surface area (Å²) in [6.45, 7) is 0.419. The van der Waals surface area contributed by atoms with Crippen LogP contribution in [0.2, 0.25) is 0 Å². The SMILES string of the molecule is O=C(O)C1(CCCF)CCCOC1. The number of carboxylic acid groups (broad SMARTS) is 1. The summed E-state index contributed by atoms with van der Waals surface area (Å²) in [5.41, 5.74) is -0.815. The molecule has 1 atom stereocenters. The van der Waals surface area contributed by atoms with Gasteiger partial charge in [-0.1, -0.05) is 0 Å². The van der Waals surface area contributed by atoms with Crippen LogP contribution in [-0.2, 0) is 9.53 Å². The minimum atomic E-state index is -0.847. The molecule has 0 aromatic heterocycles. The second-order valence-electron chi connectivity index (χ2n) is 3.53. The molecule has 1 fully saturated rings. The van der Waals surface area contributed by atoms with Crippen LogP contribution in [-0.4, -0.2) is 31.0 Å². The van der Waals surface area contributed by atoms with Crippen LogP contribution in [0.15, 0.2) is 0 Å². The van der Waals surface area contributed by atoms with Crippen LogP contribution in [0.25, 0.3) is 0 Å². The Morgan fingerprint density at radius 1 is 1.62 bits per heavy atom. The molecule has 1 heterocycles. The maximum absolute atomic E-state index is 11.9. The lowest BCUT2D eigenvalue weighted by Gasteiger charge is -2.32. The Morgan fingerprint density at radius 2 is 2.38 bits per heavy atom. The number of alkyl halides is 1. The van der Waals surface area contributed by atoms with Crippen LogP contribution in [0, 0.1) is 5.41 Å². The van der Waals surface area contributed by atoms with E-state index in [4.69, 9.17) is 9.84 Å². The molecule has 1 aliphatic heterocycles. The molecule has 1 N–H and O–H groups in total. The van der Waals surface area contributed by atoms with Crippen molar-refractivity contribution in [1.82, 2.24) is 0 Å². The Balaban J connectivity index is 2.56. The van der Waals surface area contributed by atoms with Gasteiger partial charge in [-0.3, -0.25) is 9.18 Å². The summed E-state index contributed by atoms with van der Waals surface area (Å²) in [7, 11) is 0. The summed E-state index contributed by atoms with van der Waals surface area (Å²) >= 11 is 0. The van der Waals surface area contributed by atoms with Crippen molar-refractivity contribution < 1.29 is 19.0 Å². The van der Waals surface area contributed by atoms with Crippen molar-refractivity contribution in [2.45, 2.75) is 25.7 Å². The van der Waals surface area contributed by atoms with Crippen molar-refractivity contribution in [2.75, 3.05) is 19.9 Å². The highest BCUT2D eigenvalue weighted by atomic mass is 19.1. The molecule has 0 aromatic rings. The third-order valence-corrected chi connectivity index (χ3v) is 2.56. The molecule has 0 aliphatic carbocycles. The lowest BCUT2D eigenvalue weighted by atomic mass is 9.79. The van der Waals surface area contributed by atoms with Crippen molar-refractivity contribution in [1.29, 1.82) is 0 Å². The van der Waals surface area contributed by atoms with E-state index in [1.807, 2.05) is 0 Å². The molecule has 0 spiro atoms. The number of hydrogen-bond acceptors (Lipinski definition) is 2. The van der Waals surface area contributed by atoms with Gasteiger partial charge in [0.1, 0.15) is 0 Å². The van der Waals surface area contributed by atoms with E-state index >= 15 is 0 Å². The molecule has 1 rings (SSSR count). The zero-order chi connectivity index (χ0) is 9.73. The van der Waals surface area contributed by atoms with Crippen LogP contribution in [0.5, 0.6) is 0 Å². The highest BCUT2D eigenvalue weighted by molar-refractivity contribution is 5.74. The maximum Gasteiger partial charge on any atom is 0.311 e. The summed E-state index contributed by atoms with van der Waals surface area (Å²) < 4.78 is 17.1. The number of carboxylic acids is 1. The van der Waals surface area contributed by atoms with Gasteiger partial charge in [0.05, 0.1) is 18.7 Å². The molecular weight excluding hydrogens is 175 g/mol. The van der Waals surface area contributed by atoms with Gasteiger partial charge in [-0.05, 0) is 25.7 Å². The predicted molar refractivity (Wildman–Crippen MR) is 45.3 cm³/mol. The van der Waals surface area contributed by atoms with E-state index in [1.165, 1.54) is 0 Å². The van der Waals surface area contributed by atoms with Gasteiger partial charge in [0.2, 0.25) is 0 Å². The third-order valence-electron chi connectivity index (χ3n) is 2.56. The number of aliphatic carboxylic acids is 1. The van der Waals surface area contributed by atoms with Crippen LogP contribution in [0.1, 0.15) is 25.7 Å². The first-order valence-corrected chi connectivity index (χ1v) is 4.58. The van der Waals surface area contributed by atoms with E-state index in [0.29, 0.717) is 25.9 Å². The first kappa shape index (κ1) is 10.4. The quantitative estimate of drug-likeness (QED) is 0.732. The van der Waals surface area contributed by atoms with Gasteiger partial charge >= 0.3 is 5.97 Å². The Morgan fingerprint density at radius 3 is 2.85 bits per heavy atom. The Labute approximate surface area is 76.9 Å². The highest BCUT2D eigenvalue weighted by Gasteiger charge is 2.39. The van der Waals surface area contributed by atoms with Crippen LogP contribution >= 0.6 is 0 Å². The molecule has 0 bridgehead atoms. The largest absolute Gasteiger partial charge is 0.481 e. The summed E-state index contributed by atoms with van der Waals surface area (Å²) in [6.07, 6.45) is 2.08. The summed E-state index contributed by atoms with van der Waals surface area (Å²) in [4.78, 5) is 11.0. The lowest BCUT2D eigenvalue weighted by molar-refractivity contribution is -0.158. The van der Waals surface area contributed by atoms with Gasteiger partial charge < -0.3 is 9.84 Å². The van der Waals surface area contributed by atoms with Crippen LogP contribution in [0.3, 0.4) is 0 Å². The first-order chi connectivity index (χ1) is 6.21. The zero-order valence-electron chi connectivity index (χ0n) is 7.59. The minimum absolute atomic E-state index is 0.238. The molecule has 76 valence electrons. The van der Waals surface area contributed by atoms with Crippen molar-refractivity contribution in [3.05, 3.63) is 0 Å². The average molecular weight is 190 g/mol. The average Bonchev–Trinajstić information content (AvgIpc) is 2.16. The predicted octanol–water partition coefficient (Wildman–Crippen LogP) is 1.62. The highest BCUT2D eigenvalue weighted by Crippen LogP contribution is 2.33. The van der Waals surface area contributed by atoms with E-state index in [-0.39, 0.29) is 6.61 Å². The second-order valence-corrected chi connectivity index (χ2v) is 3.53. The minimum Gasteiger partial charge on any atom is -0.481 e. The molecule has 0 saturated carbocycles. The van der Waals surface area contributed by atoms with Gasteiger partial charge in [-0.15, -0.1) is 0 Å². The first-order valence-electron chi connectivity index (χ1n) is 4.58. The lowest BCUT2D eigenvalue weighted by Crippen LogP contribution is -2.39. The Kier molecular flexibility index (Phi) is 3.66. The van der Waals surface area contributed by atoms with Crippen molar-refractivity contribution in [3.63, 3.8) is 0 Å². The molecule has 4 heteroatoms. The van der Waals surface area contributed by atoms with Crippen molar-refractivity contribution in [3.8, 4) is 0 Å². The maximum atomic E-state index is 11.9. The number of carbonyl (C=O) groups is 1. The Hall–Kier alpha value is -0.640. The molecule has 0 amide bonds. The van der Waals surface area contributed by atoms with Gasteiger partial charge in [-0.25, -0.2) is 0 Å². The number of halogens is 1. The summed E-state index contributed by atoms with van der Waals surface area (Å²) in [5, 5.41) is 9.01. The number of hydrogen-bond donors (Lipinski definition) is 1. The van der Waals surface area contributed by atoms with Crippen LogP contribution in [0.4, 0.5) is 4.39 Å². The van der Waals surface area contributed by atoms with E-state index in [0.717, 1.165) is 6.42 Å². The van der Waals surface area contributed by atoms with E-state index in [1.54, 1.807) is 0 Å². The topological polar surface area (TPSA) is 46.5 Å². The fraction of sp³-hybridized carbons (Fsp3) is 0.889. The Bertz CT molecular complexity index is 176. The normalized spacial score (nSPS) is 28.7.